The lowest BCUT2D eigenvalue weighted by molar-refractivity contribution is -0.175. The maximum atomic E-state index is 13.7. The lowest BCUT2D eigenvalue weighted by Gasteiger charge is -2.48. The molecular weight excluding hydrogens is 495 g/mol. The number of anilines is 1. The fourth-order valence-electron chi connectivity index (χ4n) is 6.31. The molecule has 2 fully saturated rings. The van der Waals surface area contributed by atoms with Crippen LogP contribution < -0.4 is 11.1 Å². The number of nitrogens with two attached hydrogens (primary N) is 1. The van der Waals surface area contributed by atoms with Gasteiger partial charge in [-0.2, -0.15) is 0 Å². The number of hydrogen-bond donors (Lipinski definition) is 4. The lowest BCUT2D eigenvalue weighted by Crippen LogP contribution is -2.68. The third-order valence-electron chi connectivity index (χ3n) is 8.13. The van der Waals surface area contributed by atoms with Gasteiger partial charge in [0.25, 0.3) is 0 Å². The summed E-state index contributed by atoms with van der Waals surface area (Å²) in [5, 5.41) is 24.9. The van der Waals surface area contributed by atoms with Crippen LogP contribution in [0.4, 0.5) is 10.1 Å². The second kappa shape index (κ2) is 9.13. The number of primary amides is 1. The monoisotopic (exact) mass is 522 g/mol. The van der Waals surface area contributed by atoms with E-state index in [0.717, 1.165) is 5.56 Å². The molecular formula is C28H27FN2O7. The van der Waals surface area contributed by atoms with Crippen LogP contribution in [0.5, 0.6) is 5.75 Å². The molecule has 0 saturated heterocycles. The quantitative estimate of drug-likeness (QED) is 0.432. The average Bonchev–Trinajstić information content (AvgIpc) is 2.86. The third kappa shape index (κ3) is 3.74. The number of phenols is 1. The summed E-state index contributed by atoms with van der Waals surface area (Å²) >= 11 is 0. The standard InChI is InChI=1S/C28H27FN2O7/c1-12(11-29)31-16-4-2-13(3-5-16)17-6-7-19(32)22-18(17)9-14-8-15-10-20(33)23(27(30)37)26(36)28(15,38)25(35)21(14)24(22)34/h2-7,12,14-15,21,23,31-32,38H,8-11H2,1H3,(H2,30,37)/t12?,14-,15+,21?,23?,28+/m1/s1. The molecule has 0 heterocycles. The number of amides is 1. The van der Waals surface area contributed by atoms with E-state index >= 15 is 0 Å². The van der Waals surface area contributed by atoms with E-state index in [9.17, 15) is 38.6 Å². The molecule has 1 amide bonds. The SMILES string of the molecule is CC(CF)Nc1ccc(-c2ccc(O)c3c2C[C@H]2C[C@H]4CC(=O)C(C(N)=O)C(=O)[C@@]4(O)C(=O)C2C3=O)cc1. The van der Waals surface area contributed by atoms with E-state index < -0.39 is 65.0 Å². The zero-order valence-electron chi connectivity index (χ0n) is 20.6. The number of aliphatic hydroxyl groups is 1. The van der Waals surface area contributed by atoms with E-state index in [1.807, 2.05) is 0 Å². The minimum absolute atomic E-state index is 0.0279. The summed E-state index contributed by atoms with van der Waals surface area (Å²) in [6.07, 6.45) is -0.168. The maximum absolute atomic E-state index is 13.7. The number of halogens is 1. The number of phenolic OH excluding ortho intramolecular Hbond substituents is 1. The number of carbonyl (C=O) groups excluding carboxylic acids is 5. The Balaban J connectivity index is 1.54. The van der Waals surface area contributed by atoms with E-state index in [2.05, 4.69) is 5.32 Å². The molecule has 3 aliphatic rings. The number of carbonyl (C=O) groups is 5. The van der Waals surface area contributed by atoms with E-state index in [1.54, 1.807) is 37.3 Å². The molecule has 2 aromatic carbocycles. The van der Waals surface area contributed by atoms with Crippen LogP contribution in [-0.2, 0) is 25.6 Å². The smallest absolute Gasteiger partial charge is 0.235 e. The summed E-state index contributed by atoms with van der Waals surface area (Å²) in [7, 11) is 0. The first-order valence-corrected chi connectivity index (χ1v) is 12.4. The van der Waals surface area contributed by atoms with E-state index in [0.29, 0.717) is 16.8 Å². The van der Waals surface area contributed by atoms with Gasteiger partial charge in [-0.15, -0.1) is 0 Å². The van der Waals surface area contributed by atoms with Crippen molar-refractivity contribution in [2.24, 2.45) is 29.4 Å². The molecule has 6 atom stereocenters. The van der Waals surface area contributed by atoms with Crippen LogP contribution in [0.1, 0.15) is 35.7 Å². The van der Waals surface area contributed by atoms with Crippen LogP contribution in [0.2, 0.25) is 0 Å². The van der Waals surface area contributed by atoms with E-state index in [1.165, 1.54) is 6.07 Å². The number of nitrogens with one attached hydrogen (secondary N) is 1. The van der Waals surface area contributed by atoms with Gasteiger partial charge in [-0.05, 0) is 60.6 Å². The van der Waals surface area contributed by atoms with Crippen LogP contribution in [0.15, 0.2) is 36.4 Å². The predicted octanol–water partition coefficient (Wildman–Crippen LogP) is 1.76. The fraction of sp³-hybridized carbons (Fsp3) is 0.393. The van der Waals surface area contributed by atoms with Gasteiger partial charge in [-0.25, -0.2) is 4.39 Å². The number of fused-ring (bicyclic) bond motifs is 3. The Labute approximate surface area is 217 Å². The Bertz CT molecular complexity index is 1390. The summed E-state index contributed by atoms with van der Waals surface area (Å²) in [5.41, 5.74) is 5.10. The number of Topliss-reactive ketones (excluding diaryl/α,β-unsaturated/α-hetero) is 4. The molecule has 10 heteroatoms. The second-order valence-corrected chi connectivity index (χ2v) is 10.5. The van der Waals surface area contributed by atoms with Crippen molar-refractivity contribution in [3.05, 3.63) is 47.5 Å². The highest BCUT2D eigenvalue weighted by Gasteiger charge is 2.66. The van der Waals surface area contributed by atoms with Crippen molar-refractivity contribution in [1.29, 1.82) is 0 Å². The van der Waals surface area contributed by atoms with Gasteiger partial charge in [0.15, 0.2) is 34.7 Å². The fourth-order valence-corrected chi connectivity index (χ4v) is 6.31. The lowest BCUT2D eigenvalue weighted by atomic mass is 9.53. The van der Waals surface area contributed by atoms with Crippen molar-refractivity contribution in [1.82, 2.24) is 0 Å². The van der Waals surface area contributed by atoms with Crippen molar-refractivity contribution in [2.45, 2.75) is 37.8 Å². The molecule has 9 nitrogen and oxygen atoms in total. The molecule has 198 valence electrons. The third-order valence-corrected chi connectivity index (χ3v) is 8.13. The van der Waals surface area contributed by atoms with Gasteiger partial charge in [0.2, 0.25) is 5.91 Å². The number of aromatic hydroxyl groups is 1. The number of benzene rings is 2. The van der Waals surface area contributed by atoms with E-state index in [-0.39, 0.29) is 36.6 Å². The summed E-state index contributed by atoms with van der Waals surface area (Å²) in [4.78, 5) is 64.5. The Kier molecular flexibility index (Phi) is 6.18. The Morgan fingerprint density at radius 1 is 1.11 bits per heavy atom. The van der Waals surface area contributed by atoms with Gasteiger partial charge < -0.3 is 21.3 Å². The molecule has 2 saturated carbocycles. The highest BCUT2D eigenvalue weighted by Crippen LogP contribution is 2.51. The summed E-state index contributed by atoms with van der Waals surface area (Å²) in [6.45, 7) is 1.17. The van der Waals surface area contributed by atoms with Crippen molar-refractivity contribution >= 4 is 34.7 Å². The van der Waals surface area contributed by atoms with Crippen LogP contribution in [0.25, 0.3) is 11.1 Å². The average molecular weight is 523 g/mol. The van der Waals surface area contributed by atoms with Crippen molar-refractivity contribution in [2.75, 3.05) is 12.0 Å². The van der Waals surface area contributed by atoms with Crippen LogP contribution in [0, 0.1) is 23.7 Å². The molecule has 0 aromatic heterocycles. The Morgan fingerprint density at radius 3 is 2.42 bits per heavy atom. The topological polar surface area (TPSA) is 164 Å². The Hall–Kier alpha value is -3.92. The number of alkyl halides is 1. The molecule has 0 bridgehead atoms. The van der Waals surface area contributed by atoms with Crippen molar-refractivity contribution < 1.29 is 38.6 Å². The first kappa shape index (κ1) is 25.7. The van der Waals surface area contributed by atoms with Crippen molar-refractivity contribution in [3.63, 3.8) is 0 Å². The molecule has 5 rings (SSSR count). The molecule has 3 aliphatic carbocycles. The summed E-state index contributed by atoms with van der Waals surface area (Å²) in [6, 6.07) is 9.78. The number of hydrogen-bond acceptors (Lipinski definition) is 8. The largest absolute Gasteiger partial charge is 0.507 e. The highest BCUT2D eigenvalue weighted by atomic mass is 19.1. The molecule has 3 unspecified atom stereocenters. The predicted molar refractivity (Wildman–Crippen MR) is 133 cm³/mol. The van der Waals surface area contributed by atoms with E-state index in [4.69, 9.17) is 5.73 Å². The first-order valence-electron chi connectivity index (χ1n) is 12.4. The van der Waals surface area contributed by atoms with Gasteiger partial charge in [0.1, 0.15) is 12.4 Å². The van der Waals surface area contributed by atoms with Gasteiger partial charge >= 0.3 is 0 Å². The van der Waals surface area contributed by atoms with Gasteiger partial charge in [-0.3, -0.25) is 24.0 Å². The van der Waals surface area contributed by atoms with Gasteiger partial charge in [0, 0.05) is 18.0 Å². The molecule has 0 radical (unpaired) electrons. The molecule has 2 aromatic rings. The van der Waals surface area contributed by atoms with Gasteiger partial charge in [-0.1, -0.05) is 18.2 Å². The normalized spacial score (nSPS) is 29.2. The zero-order valence-corrected chi connectivity index (χ0v) is 20.6. The second-order valence-electron chi connectivity index (χ2n) is 10.5. The molecule has 0 spiro atoms. The molecule has 38 heavy (non-hydrogen) atoms. The minimum Gasteiger partial charge on any atom is -0.507 e. The minimum atomic E-state index is -2.67. The summed E-state index contributed by atoms with van der Waals surface area (Å²) < 4.78 is 12.9. The van der Waals surface area contributed by atoms with Crippen molar-refractivity contribution in [3.8, 4) is 16.9 Å². The number of rotatable bonds is 5. The maximum Gasteiger partial charge on any atom is 0.235 e. The zero-order chi connectivity index (χ0) is 27.5. The number of ketones is 4. The van der Waals surface area contributed by atoms with Crippen LogP contribution in [-0.4, -0.2) is 57.6 Å². The molecule has 0 aliphatic heterocycles. The summed E-state index contributed by atoms with van der Waals surface area (Å²) in [5.74, 6) is -10.4. The van der Waals surface area contributed by atoms with Crippen LogP contribution in [0.3, 0.4) is 0 Å². The van der Waals surface area contributed by atoms with Crippen LogP contribution >= 0.6 is 0 Å². The highest BCUT2D eigenvalue weighted by molar-refractivity contribution is 6.31. The Morgan fingerprint density at radius 2 is 1.79 bits per heavy atom. The van der Waals surface area contributed by atoms with Gasteiger partial charge in [0.05, 0.1) is 17.5 Å². The molecule has 5 N–H and O–H groups in total. The first-order chi connectivity index (χ1) is 18.0.